The number of nitrogens with zero attached hydrogens (tertiary/aromatic N) is 4. The molecule has 0 atom stereocenters. The molecule has 0 aromatic carbocycles. The summed E-state index contributed by atoms with van der Waals surface area (Å²) in [5.41, 5.74) is 0.805. The fraction of sp³-hybridized carbons (Fsp3) is 0.400. The highest BCUT2D eigenvalue weighted by molar-refractivity contribution is 7.78. The van der Waals surface area contributed by atoms with Gasteiger partial charge in [0.05, 0.1) is 17.9 Å². The van der Waals surface area contributed by atoms with Gasteiger partial charge in [-0.3, -0.25) is 0 Å². The molecule has 0 saturated heterocycles. The van der Waals surface area contributed by atoms with E-state index in [2.05, 4.69) is 32.6 Å². The first kappa shape index (κ1) is 7.05. The molecule has 0 N–H and O–H groups in total. The third-order valence-electron chi connectivity index (χ3n) is 0.953. The van der Waals surface area contributed by atoms with Gasteiger partial charge in [0.2, 0.25) is 0 Å². The fourth-order valence-electron chi connectivity index (χ4n) is 0.573. The number of aryl methyl sites for hydroxylation is 1. The average Bonchev–Trinajstić information content (AvgIpc) is 2.31. The van der Waals surface area contributed by atoms with Crippen LogP contribution in [0.25, 0.3) is 0 Å². The van der Waals surface area contributed by atoms with E-state index in [1.807, 2.05) is 0 Å². The lowest BCUT2D eigenvalue weighted by Gasteiger charge is -1.81. The highest BCUT2D eigenvalue weighted by atomic mass is 32.1. The van der Waals surface area contributed by atoms with E-state index in [0.717, 1.165) is 5.69 Å². The molecule has 1 heterocycles. The molecule has 0 amide bonds. The lowest BCUT2D eigenvalue weighted by atomic mass is 10.5. The molecule has 0 aliphatic rings. The van der Waals surface area contributed by atoms with E-state index in [9.17, 15) is 0 Å². The van der Waals surface area contributed by atoms with Gasteiger partial charge in [0.25, 0.3) is 0 Å². The van der Waals surface area contributed by atoms with Crippen molar-refractivity contribution in [3.05, 3.63) is 11.9 Å². The lowest BCUT2D eigenvalue weighted by Crippen LogP contribution is -1.92. The third kappa shape index (κ3) is 1.72. The van der Waals surface area contributed by atoms with Crippen LogP contribution in [0.2, 0.25) is 0 Å². The normalized spacial score (nSPS) is 8.90. The second kappa shape index (κ2) is 3.20. The van der Waals surface area contributed by atoms with Crippen molar-refractivity contribution in [2.75, 3.05) is 0 Å². The topological polar surface area (TPSA) is 43.1 Å². The maximum absolute atomic E-state index is 4.39. The number of aromatic nitrogens is 3. The molecule has 52 valence electrons. The standard InChI is InChI=1S/C5H6N4S/c1-9-7-3-5(8-9)2-6-4-10/h3H,2H2,1H3. The molecule has 0 saturated carbocycles. The van der Waals surface area contributed by atoms with Crippen molar-refractivity contribution < 1.29 is 0 Å². The summed E-state index contributed by atoms with van der Waals surface area (Å²) in [6.07, 6.45) is 1.65. The molecule has 0 aliphatic carbocycles. The van der Waals surface area contributed by atoms with Crippen molar-refractivity contribution in [1.29, 1.82) is 0 Å². The summed E-state index contributed by atoms with van der Waals surface area (Å²) in [7, 11) is 1.75. The minimum absolute atomic E-state index is 0.470. The van der Waals surface area contributed by atoms with E-state index in [1.165, 1.54) is 4.80 Å². The quantitative estimate of drug-likeness (QED) is 0.458. The Balaban J connectivity index is 2.66. The number of thiocarbonyl (C=S) groups is 1. The second-order valence-electron chi connectivity index (χ2n) is 1.73. The Bertz CT molecular complexity index is 260. The highest BCUT2D eigenvalue weighted by Gasteiger charge is 1.93. The summed E-state index contributed by atoms with van der Waals surface area (Å²) >= 11 is 4.39. The summed E-state index contributed by atoms with van der Waals surface area (Å²) in [5.74, 6) is 0. The van der Waals surface area contributed by atoms with E-state index < -0.39 is 0 Å². The van der Waals surface area contributed by atoms with Crippen molar-refractivity contribution >= 4 is 17.4 Å². The Hall–Kier alpha value is -1.06. The molecule has 0 unspecified atom stereocenters. The van der Waals surface area contributed by atoms with Crippen molar-refractivity contribution in [3.63, 3.8) is 0 Å². The summed E-state index contributed by atoms with van der Waals surface area (Å²) in [4.78, 5) is 5.18. The van der Waals surface area contributed by atoms with Crippen LogP contribution in [0.1, 0.15) is 5.69 Å². The van der Waals surface area contributed by atoms with Gasteiger partial charge in [-0.15, -0.1) is 0 Å². The largest absolute Gasteiger partial charge is 0.226 e. The zero-order valence-corrected chi connectivity index (χ0v) is 6.30. The number of hydrogen-bond donors (Lipinski definition) is 0. The van der Waals surface area contributed by atoms with Crippen molar-refractivity contribution in [3.8, 4) is 0 Å². The number of aliphatic imine (C=N–C) groups is 1. The van der Waals surface area contributed by atoms with Crippen LogP contribution >= 0.6 is 12.2 Å². The SMILES string of the molecule is Cn1ncc(CN=C=S)n1. The average molecular weight is 154 g/mol. The minimum Gasteiger partial charge on any atom is -0.226 e. The molecule has 0 spiro atoms. The summed E-state index contributed by atoms with van der Waals surface area (Å²) < 4.78 is 0. The number of hydrogen-bond acceptors (Lipinski definition) is 4. The van der Waals surface area contributed by atoms with Gasteiger partial charge in [0.15, 0.2) is 0 Å². The Morgan fingerprint density at radius 1 is 1.90 bits per heavy atom. The predicted molar refractivity (Wildman–Crippen MR) is 39.7 cm³/mol. The second-order valence-corrected chi connectivity index (χ2v) is 1.92. The predicted octanol–water partition coefficient (Wildman–Crippen LogP) is 0.418. The molecular weight excluding hydrogens is 148 g/mol. The van der Waals surface area contributed by atoms with Crippen LogP contribution in [0.15, 0.2) is 11.2 Å². The molecular formula is C5H6N4S. The Morgan fingerprint density at radius 2 is 2.70 bits per heavy atom. The molecule has 5 heteroatoms. The first-order chi connectivity index (χ1) is 4.83. The van der Waals surface area contributed by atoms with Crippen LogP contribution in [-0.4, -0.2) is 20.2 Å². The monoisotopic (exact) mass is 154 g/mol. The van der Waals surface area contributed by atoms with Gasteiger partial charge < -0.3 is 0 Å². The van der Waals surface area contributed by atoms with E-state index >= 15 is 0 Å². The van der Waals surface area contributed by atoms with Gasteiger partial charge in [-0.1, -0.05) is 0 Å². The van der Waals surface area contributed by atoms with E-state index in [4.69, 9.17) is 0 Å². The molecule has 1 aromatic rings. The smallest absolute Gasteiger partial charge is 0.105 e. The first-order valence-corrected chi connectivity index (χ1v) is 3.12. The molecule has 1 aromatic heterocycles. The third-order valence-corrected chi connectivity index (χ3v) is 1.08. The van der Waals surface area contributed by atoms with Crippen LogP contribution < -0.4 is 0 Å². The molecule has 0 aliphatic heterocycles. The maximum Gasteiger partial charge on any atom is 0.105 e. The van der Waals surface area contributed by atoms with Crippen LogP contribution in [-0.2, 0) is 13.6 Å². The Labute approximate surface area is 63.6 Å². The van der Waals surface area contributed by atoms with Gasteiger partial charge in [-0.2, -0.15) is 15.0 Å². The summed E-state index contributed by atoms with van der Waals surface area (Å²) in [6, 6.07) is 0. The molecule has 0 radical (unpaired) electrons. The van der Waals surface area contributed by atoms with Gasteiger partial charge in [-0.25, -0.2) is 4.99 Å². The van der Waals surface area contributed by atoms with Crippen molar-refractivity contribution in [2.24, 2.45) is 12.0 Å². The maximum atomic E-state index is 4.39. The molecule has 0 fully saturated rings. The molecule has 1 rings (SSSR count). The Kier molecular flexibility index (Phi) is 2.25. The van der Waals surface area contributed by atoms with Crippen molar-refractivity contribution in [2.45, 2.75) is 6.54 Å². The van der Waals surface area contributed by atoms with Crippen LogP contribution in [0.5, 0.6) is 0 Å². The van der Waals surface area contributed by atoms with Gasteiger partial charge in [-0.05, 0) is 12.2 Å². The van der Waals surface area contributed by atoms with E-state index in [1.54, 1.807) is 13.2 Å². The fourth-order valence-corrected chi connectivity index (χ4v) is 0.638. The molecule has 0 bridgehead atoms. The van der Waals surface area contributed by atoms with E-state index in [-0.39, 0.29) is 0 Å². The van der Waals surface area contributed by atoms with Crippen LogP contribution in [0.4, 0.5) is 0 Å². The zero-order chi connectivity index (χ0) is 7.40. The van der Waals surface area contributed by atoms with Gasteiger partial charge >= 0.3 is 0 Å². The first-order valence-electron chi connectivity index (χ1n) is 2.72. The molecule has 10 heavy (non-hydrogen) atoms. The summed E-state index contributed by atoms with van der Waals surface area (Å²) in [6.45, 7) is 0.470. The van der Waals surface area contributed by atoms with Gasteiger partial charge in [0, 0.05) is 7.05 Å². The Morgan fingerprint density at radius 3 is 3.20 bits per heavy atom. The summed E-state index contributed by atoms with van der Waals surface area (Å²) in [5, 5.41) is 10.1. The number of rotatable bonds is 2. The van der Waals surface area contributed by atoms with Crippen LogP contribution in [0.3, 0.4) is 0 Å². The van der Waals surface area contributed by atoms with E-state index in [0.29, 0.717) is 6.54 Å². The zero-order valence-electron chi connectivity index (χ0n) is 5.48. The minimum atomic E-state index is 0.470. The highest BCUT2D eigenvalue weighted by Crippen LogP contribution is 1.90. The number of isothiocyanates is 1. The van der Waals surface area contributed by atoms with Crippen LogP contribution in [0, 0.1) is 0 Å². The van der Waals surface area contributed by atoms with Gasteiger partial charge in [0.1, 0.15) is 5.69 Å². The molecule has 4 nitrogen and oxygen atoms in total. The van der Waals surface area contributed by atoms with Crippen molar-refractivity contribution in [1.82, 2.24) is 15.0 Å². The lowest BCUT2D eigenvalue weighted by molar-refractivity contribution is 0.645.